The van der Waals surface area contributed by atoms with Crippen molar-refractivity contribution in [3.05, 3.63) is 42.1 Å². The van der Waals surface area contributed by atoms with Crippen molar-refractivity contribution in [1.82, 2.24) is 4.98 Å². The molecule has 1 atom stereocenters. The Morgan fingerprint density at radius 1 is 1.18 bits per heavy atom. The average Bonchev–Trinajstić information content (AvgIpc) is 2.38. The first kappa shape index (κ1) is 12.4. The van der Waals surface area contributed by atoms with Crippen LogP contribution < -0.4 is 0 Å². The molecule has 0 aliphatic rings. The molecule has 2 N–H and O–H groups in total. The lowest BCUT2D eigenvalue weighted by atomic mass is 10.2. The summed E-state index contributed by atoms with van der Waals surface area (Å²) in [4.78, 5) is 4.53. The van der Waals surface area contributed by atoms with Crippen LogP contribution in [0.4, 0.5) is 0 Å². The van der Waals surface area contributed by atoms with Gasteiger partial charge in [0.25, 0.3) is 0 Å². The Labute approximate surface area is 105 Å². The van der Waals surface area contributed by atoms with Crippen LogP contribution in [0.2, 0.25) is 0 Å². The van der Waals surface area contributed by atoms with Crippen LogP contribution in [0, 0.1) is 0 Å². The Kier molecular flexibility index (Phi) is 4.36. The number of para-hydroxylation sites is 1. The van der Waals surface area contributed by atoms with E-state index in [1.807, 2.05) is 30.3 Å². The lowest BCUT2D eigenvalue weighted by Crippen LogP contribution is -2.14. The number of aromatic nitrogens is 1. The minimum atomic E-state index is -0.638. The van der Waals surface area contributed by atoms with Crippen LogP contribution in [0.25, 0.3) is 10.9 Å². The zero-order valence-electron chi connectivity index (χ0n) is 9.41. The molecule has 1 aromatic heterocycles. The Morgan fingerprint density at radius 3 is 2.82 bits per heavy atom. The van der Waals surface area contributed by atoms with Crippen molar-refractivity contribution in [2.45, 2.75) is 11.9 Å². The molecule has 0 saturated carbocycles. The molecular formula is C13H15NO2S. The van der Waals surface area contributed by atoms with Crippen LogP contribution in [0.15, 0.2) is 36.4 Å². The van der Waals surface area contributed by atoms with Gasteiger partial charge in [-0.15, -0.1) is 0 Å². The molecule has 0 aliphatic carbocycles. The second-order valence-electron chi connectivity index (χ2n) is 3.85. The summed E-state index contributed by atoms with van der Waals surface area (Å²) in [6.07, 6.45) is -0.638. The largest absolute Gasteiger partial charge is 0.394 e. The summed E-state index contributed by atoms with van der Waals surface area (Å²) < 4.78 is 0. The molecule has 90 valence electrons. The Morgan fingerprint density at radius 2 is 2.00 bits per heavy atom. The molecule has 1 aromatic carbocycles. The molecule has 0 saturated heterocycles. The molecule has 2 aromatic rings. The van der Waals surface area contributed by atoms with Gasteiger partial charge < -0.3 is 10.2 Å². The molecule has 17 heavy (non-hydrogen) atoms. The maximum atomic E-state index is 9.22. The van der Waals surface area contributed by atoms with Gasteiger partial charge in [-0.2, -0.15) is 11.8 Å². The van der Waals surface area contributed by atoms with Gasteiger partial charge in [-0.25, -0.2) is 0 Å². The fraction of sp³-hybridized carbons (Fsp3) is 0.308. The summed E-state index contributed by atoms with van der Waals surface area (Å²) in [5.41, 5.74) is 1.99. The van der Waals surface area contributed by atoms with Crippen molar-refractivity contribution >= 4 is 22.7 Å². The first-order valence-electron chi connectivity index (χ1n) is 5.51. The van der Waals surface area contributed by atoms with Gasteiger partial charge in [-0.05, 0) is 12.1 Å². The lowest BCUT2D eigenvalue weighted by Gasteiger charge is -2.06. The fourth-order valence-electron chi connectivity index (χ4n) is 1.54. The number of hydrogen-bond acceptors (Lipinski definition) is 4. The van der Waals surface area contributed by atoms with E-state index in [0.29, 0.717) is 5.75 Å². The number of aliphatic hydroxyl groups is 2. The summed E-state index contributed by atoms with van der Waals surface area (Å²) in [5.74, 6) is 1.28. The molecule has 1 heterocycles. The number of benzene rings is 1. The number of rotatable bonds is 5. The quantitative estimate of drug-likeness (QED) is 0.848. The van der Waals surface area contributed by atoms with E-state index in [2.05, 4.69) is 11.1 Å². The Balaban J connectivity index is 1.99. The number of pyridine rings is 1. The van der Waals surface area contributed by atoms with Crippen molar-refractivity contribution < 1.29 is 10.2 Å². The van der Waals surface area contributed by atoms with Gasteiger partial charge in [-0.1, -0.05) is 24.3 Å². The normalized spacial score (nSPS) is 12.8. The molecular weight excluding hydrogens is 234 g/mol. The van der Waals surface area contributed by atoms with Gasteiger partial charge in [0, 0.05) is 16.9 Å². The number of hydrogen-bond donors (Lipinski definition) is 2. The van der Waals surface area contributed by atoms with E-state index in [-0.39, 0.29) is 6.61 Å². The zero-order valence-corrected chi connectivity index (χ0v) is 10.2. The maximum Gasteiger partial charge on any atom is 0.0861 e. The number of thioether (sulfide) groups is 1. The molecule has 0 unspecified atom stereocenters. The van der Waals surface area contributed by atoms with E-state index < -0.39 is 6.10 Å². The molecule has 0 fully saturated rings. The van der Waals surface area contributed by atoms with E-state index in [4.69, 9.17) is 5.11 Å². The predicted molar refractivity (Wildman–Crippen MR) is 71.0 cm³/mol. The van der Waals surface area contributed by atoms with Gasteiger partial charge in [0.15, 0.2) is 0 Å². The SMILES string of the molecule is OC[C@H](O)CSCc1ccc2ccccc2n1. The second-order valence-corrected chi connectivity index (χ2v) is 4.88. The minimum absolute atomic E-state index is 0.182. The number of nitrogens with zero attached hydrogens (tertiary/aromatic N) is 1. The lowest BCUT2D eigenvalue weighted by molar-refractivity contribution is 0.113. The molecule has 3 nitrogen and oxygen atoms in total. The van der Waals surface area contributed by atoms with Crippen LogP contribution >= 0.6 is 11.8 Å². The summed E-state index contributed by atoms with van der Waals surface area (Å²) in [5, 5.41) is 19.0. The summed E-state index contributed by atoms with van der Waals surface area (Å²) >= 11 is 1.58. The highest BCUT2D eigenvalue weighted by atomic mass is 32.2. The summed E-state index contributed by atoms with van der Waals surface area (Å²) in [6, 6.07) is 12.1. The highest BCUT2D eigenvalue weighted by Gasteiger charge is 2.03. The Hall–Kier alpha value is -1.10. The van der Waals surface area contributed by atoms with Gasteiger partial charge in [0.2, 0.25) is 0 Å². The third-order valence-corrected chi connectivity index (χ3v) is 3.55. The average molecular weight is 249 g/mol. The van der Waals surface area contributed by atoms with E-state index in [1.165, 1.54) is 0 Å². The summed E-state index contributed by atoms with van der Waals surface area (Å²) in [7, 11) is 0. The van der Waals surface area contributed by atoms with Crippen LogP contribution in [0.3, 0.4) is 0 Å². The zero-order chi connectivity index (χ0) is 12.1. The second kappa shape index (κ2) is 6.00. The molecule has 2 rings (SSSR count). The maximum absolute atomic E-state index is 9.22. The molecule has 4 heteroatoms. The van der Waals surface area contributed by atoms with Gasteiger partial charge >= 0.3 is 0 Å². The molecule has 0 aliphatic heterocycles. The smallest absolute Gasteiger partial charge is 0.0861 e. The monoisotopic (exact) mass is 249 g/mol. The standard InChI is InChI=1S/C13H15NO2S/c15-7-12(16)9-17-8-11-6-5-10-3-1-2-4-13(10)14-11/h1-6,12,15-16H,7-9H2/t12-/m0/s1. The van der Waals surface area contributed by atoms with Crippen LogP contribution in [0.5, 0.6) is 0 Å². The Bertz CT molecular complexity index is 490. The molecule has 0 amide bonds. The van der Waals surface area contributed by atoms with Crippen molar-refractivity contribution in [2.75, 3.05) is 12.4 Å². The van der Waals surface area contributed by atoms with E-state index in [0.717, 1.165) is 22.3 Å². The first-order valence-corrected chi connectivity index (χ1v) is 6.66. The van der Waals surface area contributed by atoms with E-state index in [1.54, 1.807) is 11.8 Å². The van der Waals surface area contributed by atoms with Crippen LogP contribution in [-0.2, 0) is 5.75 Å². The number of fused-ring (bicyclic) bond motifs is 1. The highest BCUT2D eigenvalue weighted by Crippen LogP contribution is 2.16. The van der Waals surface area contributed by atoms with Crippen molar-refractivity contribution in [3.8, 4) is 0 Å². The van der Waals surface area contributed by atoms with Crippen molar-refractivity contribution in [1.29, 1.82) is 0 Å². The van der Waals surface area contributed by atoms with Gasteiger partial charge in [-0.3, -0.25) is 4.98 Å². The molecule has 0 bridgehead atoms. The van der Waals surface area contributed by atoms with E-state index in [9.17, 15) is 5.11 Å². The topological polar surface area (TPSA) is 53.4 Å². The number of aliphatic hydroxyl groups excluding tert-OH is 2. The van der Waals surface area contributed by atoms with Gasteiger partial charge in [0.1, 0.15) is 0 Å². The van der Waals surface area contributed by atoms with E-state index >= 15 is 0 Å². The fourth-order valence-corrected chi connectivity index (χ4v) is 2.41. The third kappa shape index (κ3) is 3.43. The molecule has 0 spiro atoms. The van der Waals surface area contributed by atoms with Crippen molar-refractivity contribution in [3.63, 3.8) is 0 Å². The minimum Gasteiger partial charge on any atom is -0.394 e. The van der Waals surface area contributed by atoms with Crippen molar-refractivity contribution in [2.24, 2.45) is 0 Å². The summed E-state index contributed by atoms with van der Waals surface area (Å²) in [6.45, 7) is -0.182. The third-order valence-electron chi connectivity index (χ3n) is 2.43. The molecule has 0 radical (unpaired) electrons. The van der Waals surface area contributed by atoms with Gasteiger partial charge in [0.05, 0.1) is 23.9 Å². The highest BCUT2D eigenvalue weighted by molar-refractivity contribution is 7.98. The first-order chi connectivity index (χ1) is 8.29. The van der Waals surface area contributed by atoms with Crippen LogP contribution in [-0.4, -0.2) is 33.7 Å². The van der Waals surface area contributed by atoms with Crippen LogP contribution in [0.1, 0.15) is 5.69 Å². The predicted octanol–water partition coefficient (Wildman–Crippen LogP) is 1.82.